The summed E-state index contributed by atoms with van der Waals surface area (Å²) in [4.78, 5) is 13.7. The quantitative estimate of drug-likeness (QED) is 0.818. The number of carbonyl (C=O) groups excluding carboxylic acids is 1. The molecule has 2 aromatic rings. The molecule has 0 atom stereocenters. The van der Waals surface area contributed by atoms with Crippen molar-refractivity contribution in [3.8, 4) is 6.07 Å². The molecule has 27 heavy (non-hydrogen) atoms. The van der Waals surface area contributed by atoms with E-state index in [0.29, 0.717) is 0 Å². The average molecular weight is 373 g/mol. The Bertz CT molecular complexity index is 848. The topological polar surface area (TPSA) is 56.1 Å². The number of fused-ring (bicyclic) bond motifs is 1. The van der Waals surface area contributed by atoms with Gasteiger partial charge in [0.05, 0.1) is 18.2 Å². The molecule has 1 aliphatic rings. The minimum absolute atomic E-state index is 0.0413. The van der Waals surface area contributed by atoms with Crippen LogP contribution in [0, 0.1) is 11.3 Å². The van der Waals surface area contributed by atoms with E-state index in [9.17, 15) is 18.0 Å². The third-order valence-corrected chi connectivity index (χ3v) is 4.55. The number of carbonyl (C=O) groups is 1. The number of hydrogen-bond acceptors (Lipinski definition) is 3. The van der Waals surface area contributed by atoms with Gasteiger partial charge < -0.3 is 10.2 Å². The van der Waals surface area contributed by atoms with Crippen LogP contribution in [0.25, 0.3) is 0 Å². The lowest BCUT2D eigenvalue weighted by Gasteiger charge is -2.23. The highest BCUT2D eigenvalue weighted by Gasteiger charge is 2.31. The van der Waals surface area contributed by atoms with Crippen LogP contribution >= 0.6 is 0 Å². The summed E-state index contributed by atoms with van der Waals surface area (Å²) in [6.07, 6.45) is -3.03. The standard InChI is InChI=1S/C20H18F3N3O/c21-20(22,23)16-6-3-7-18(12-16)26(9-8-24)13-19(27)25-17-10-14-4-1-2-5-15(14)11-17/h1-7,12,17H,9-11,13H2,(H,25,27). The second kappa shape index (κ2) is 7.70. The van der Waals surface area contributed by atoms with Crippen molar-refractivity contribution in [1.82, 2.24) is 5.32 Å². The summed E-state index contributed by atoms with van der Waals surface area (Å²) in [5, 5.41) is 11.9. The van der Waals surface area contributed by atoms with Gasteiger partial charge in [-0.1, -0.05) is 30.3 Å². The highest BCUT2D eigenvalue weighted by Crippen LogP contribution is 2.31. The van der Waals surface area contributed by atoms with E-state index in [2.05, 4.69) is 5.32 Å². The number of rotatable bonds is 5. The van der Waals surface area contributed by atoms with E-state index in [-0.39, 0.29) is 30.7 Å². The van der Waals surface area contributed by atoms with Crippen LogP contribution in [0.5, 0.6) is 0 Å². The maximum atomic E-state index is 12.9. The van der Waals surface area contributed by atoms with E-state index < -0.39 is 11.7 Å². The van der Waals surface area contributed by atoms with Crippen molar-refractivity contribution in [2.24, 2.45) is 0 Å². The third kappa shape index (κ3) is 4.59. The molecule has 0 spiro atoms. The van der Waals surface area contributed by atoms with Crippen LogP contribution < -0.4 is 10.2 Å². The second-order valence-corrected chi connectivity index (χ2v) is 6.50. The fourth-order valence-corrected chi connectivity index (χ4v) is 3.31. The van der Waals surface area contributed by atoms with Crippen molar-refractivity contribution in [3.05, 3.63) is 65.2 Å². The molecule has 1 N–H and O–H groups in total. The zero-order chi connectivity index (χ0) is 19.4. The van der Waals surface area contributed by atoms with Crippen LogP contribution in [0.1, 0.15) is 16.7 Å². The molecule has 0 saturated carbocycles. The molecule has 0 fully saturated rings. The Hall–Kier alpha value is -3.01. The number of amides is 1. The van der Waals surface area contributed by atoms with E-state index in [1.807, 2.05) is 30.3 Å². The maximum Gasteiger partial charge on any atom is 0.416 e. The molecule has 4 nitrogen and oxygen atoms in total. The molecular weight excluding hydrogens is 355 g/mol. The Morgan fingerprint density at radius 1 is 1.15 bits per heavy atom. The maximum absolute atomic E-state index is 12.9. The molecule has 3 rings (SSSR count). The molecule has 0 bridgehead atoms. The molecule has 0 saturated heterocycles. The monoisotopic (exact) mass is 373 g/mol. The van der Waals surface area contributed by atoms with Crippen LogP contribution in [0.4, 0.5) is 18.9 Å². The number of anilines is 1. The molecule has 140 valence electrons. The van der Waals surface area contributed by atoms with E-state index in [1.165, 1.54) is 28.2 Å². The number of benzene rings is 2. The zero-order valence-electron chi connectivity index (χ0n) is 14.5. The Balaban J connectivity index is 1.67. The molecule has 1 aliphatic carbocycles. The lowest BCUT2D eigenvalue weighted by molar-refractivity contribution is -0.137. The fourth-order valence-electron chi connectivity index (χ4n) is 3.31. The fraction of sp³-hybridized carbons (Fsp3) is 0.300. The van der Waals surface area contributed by atoms with Crippen molar-refractivity contribution in [3.63, 3.8) is 0 Å². The highest BCUT2D eigenvalue weighted by atomic mass is 19.4. The number of nitrogens with one attached hydrogen (secondary N) is 1. The Morgan fingerprint density at radius 3 is 2.41 bits per heavy atom. The van der Waals surface area contributed by atoms with E-state index >= 15 is 0 Å². The molecule has 0 aromatic heterocycles. The number of hydrogen-bond donors (Lipinski definition) is 1. The van der Waals surface area contributed by atoms with Crippen LogP contribution in [-0.2, 0) is 23.8 Å². The molecule has 1 amide bonds. The van der Waals surface area contributed by atoms with Gasteiger partial charge in [-0.25, -0.2) is 0 Å². The van der Waals surface area contributed by atoms with E-state index in [0.717, 1.165) is 25.0 Å². The van der Waals surface area contributed by atoms with Crippen LogP contribution in [0.15, 0.2) is 48.5 Å². The molecule has 2 aromatic carbocycles. The number of alkyl halides is 3. The SMILES string of the molecule is N#CCN(CC(=O)NC1Cc2ccccc2C1)c1cccc(C(F)(F)F)c1. The van der Waals surface area contributed by atoms with Gasteiger partial charge in [-0.15, -0.1) is 0 Å². The first kappa shape index (κ1) is 18.8. The van der Waals surface area contributed by atoms with Gasteiger partial charge >= 0.3 is 6.18 Å². The van der Waals surface area contributed by atoms with Crippen molar-refractivity contribution in [2.45, 2.75) is 25.1 Å². The van der Waals surface area contributed by atoms with Gasteiger partial charge in [-0.3, -0.25) is 4.79 Å². The lowest BCUT2D eigenvalue weighted by Crippen LogP contribution is -2.42. The molecule has 7 heteroatoms. The van der Waals surface area contributed by atoms with Gasteiger partial charge in [0.25, 0.3) is 0 Å². The van der Waals surface area contributed by atoms with E-state index in [4.69, 9.17) is 5.26 Å². The van der Waals surface area contributed by atoms with Crippen molar-refractivity contribution in [2.75, 3.05) is 18.0 Å². The number of nitrogens with zero attached hydrogens (tertiary/aromatic N) is 2. The van der Waals surface area contributed by atoms with Gasteiger partial charge in [0.15, 0.2) is 0 Å². The Labute approximate surface area is 155 Å². The molecule has 0 unspecified atom stereocenters. The third-order valence-electron chi connectivity index (χ3n) is 4.55. The van der Waals surface area contributed by atoms with Crippen molar-refractivity contribution < 1.29 is 18.0 Å². The van der Waals surface area contributed by atoms with Gasteiger partial charge in [0.1, 0.15) is 6.54 Å². The predicted octanol–water partition coefficient (Wildman–Crippen LogP) is 3.32. The Morgan fingerprint density at radius 2 is 1.81 bits per heavy atom. The predicted molar refractivity (Wildman–Crippen MR) is 95.1 cm³/mol. The number of halogens is 3. The van der Waals surface area contributed by atoms with Gasteiger partial charge in [0, 0.05) is 11.7 Å². The lowest BCUT2D eigenvalue weighted by atomic mass is 10.1. The first-order valence-corrected chi connectivity index (χ1v) is 8.52. The first-order valence-electron chi connectivity index (χ1n) is 8.52. The summed E-state index contributed by atoms with van der Waals surface area (Å²) < 4.78 is 38.8. The first-order chi connectivity index (χ1) is 12.9. The van der Waals surface area contributed by atoms with Crippen molar-refractivity contribution >= 4 is 11.6 Å². The second-order valence-electron chi connectivity index (χ2n) is 6.50. The summed E-state index contributed by atoms with van der Waals surface area (Å²) >= 11 is 0. The van der Waals surface area contributed by atoms with Gasteiger partial charge in [0.2, 0.25) is 5.91 Å². The largest absolute Gasteiger partial charge is 0.416 e. The van der Waals surface area contributed by atoms with Crippen LogP contribution in [0.2, 0.25) is 0 Å². The van der Waals surface area contributed by atoms with Crippen LogP contribution in [-0.4, -0.2) is 25.0 Å². The van der Waals surface area contributed by atoms with Crippen molar-refractivity contribution in [1.29, 1.82) is 5.26 Å². The van der Waals surface area contributed by atoms with E-state index in [1.54, 1.807) is 0 Å². The minimum Gasteiger partial charge on any atom is -0.351 e. The number of nitriles is 1. The summed E-state index contributed by atoms with van der Waals surface area (Å²) in [6.45, 7) is -0.360. The van der Waals surface area contributed by atoms with Gasteiger partial charge in [-0.05, 0) is 42.2 Å². The van der Waals surface area contributed by atoms with Gasteiger partial charge in [-0.2, -0.15) is 18.4 Å². The highest BCUT2D eigenvalue weighted by molar-refractivity contribution is 5.82. The summed E-state index contributed by atoms with van der Waals surface area (Å²) in [5.41, 5.74) is 1.76. The Kier molecular flexibility index (Phi) is 5.36. The summed E-state index contributed by atoms with van der Waals surface area (Å²) in [7, 11) is 0. The van der Waals surface area contributed by atoms with Crippen LogP contribution in [0.3, 0.4) is 0 Å². The molecular formula is C20H18F3N3O. The minimum atomic E-state index is -4.48. The molecule has 0 heterocycles. The normalized spacial score (nSPS) is 13.7. The average Bonchev–Trinajstić information content (AvgIpc) is 3.03. The summed E-state index contributed by atoms with van der Waals surface area (Å²) in [6, 6.07) is 14.5. The smallest absolute Gasteiger partial charge is 0.351 e. The zero-order valence-corrected chi connectivity index (χ0v) is 14.5. The molecule has 0 aliphatic heterocycles. The molecule has 0 radical (unpaired) electrons. The summed E-state index contributed by atoms with van der Waals surface area (Å²) in [5.74, 6) is -0.319.